The van der Waals surface area contributed by atoms with Gasteiger partial charge in [0, 0.05) is 6.04 Å². The molecule has 1 atom stereocenters. The Bertz CT molecular complexity index is 716. The summed E-state index contributed by atoms with van der Waals surface area (Å²) in [4.78, 5) is 0.134. The van der Waals surface area contributed by atoms with E-state index in [0.29, 0.717) is 17.9 Å². The Hall–Kier alpha value is -1.66. The molecule has 5 nitrogen and oxygen atoms in total. The minimum Gasteiger partial charge on any atom is -0.360 e. The fourth-order valence-corrected chi connectivity index (χ4v) is 4.08. The molecule has 1 aromatic carbocycles. The van der Waals surface area contributed by atoms with Crippen molar-refractivity contribution in [2.75, 3.05) is 0 Å². The number of nitrogens with one attached hydrogen (secondary N) is 1. The standard InChI is InChI=1S/C15H20N2O3S/c1-5-14(13-9-7-6-8-10(13)2)17-21(18,19)15-11(3)16-20-12(15)4/h6-9,14,17H,5H2,1-4H3/t14-/m0/s1. The van der Waals surface area contributed by atoms with Crippen molar-refractivity contribution in [3.63, 3.8) is 0 Å². The highest BCUT2D eigenvalue weighted by molar-refractivity contribution is 7.89. The Balaban J connectivity index is 2.37. The summed E-state index contributed by atoms with van der Waals surface area (Å²) in [6.45, 7) is 7.15. The Morgan fingerprint density at radius 3 is 2.43 bits per heavy atom. The van der Waals surface area contributed by atoms with Gasteiger partial charge >= 0.3 is 0 Å². The van der Waals surface area contributed by atoms with E-state index in [0.717, 1.165) is 11.1 Å². The molecule has 0 unspecified atom stereocenters. The van der Waals surface area contributed by atoms with E-state index >= 15 is 0 Å². The molecule has 0 spiro atoms. The lowest BCUT2D eigenvalue weighted by molar-refractivity contribution is 0.390. The largest absolute Gasteiger partial charge is 0.360 e. The smallest absolute Gasteiger partial charge is 0.246 e. The van der Waals surface area contributed by atoms with Crippen LogP contribution in [0.1, 0.15) is 42.0 Å². The van der Waals surface area contributed by atoms with E-state index in [4.69, 9.17) is 4.52 Å². The van der Waals surface area contributed by atoms with Crippen LogP contribution in [0.3, 0.4) is 0 Å². The van der Waals surface area contributed by atoms with Crippen LogP contribution < -0.4 is 4.72 Å². The molecular weight excluding hydrogens is 288 g/mol. The van der Waals surface area contributed by atoms with Gasteiger partial charge in [0.15, 0.2) is 5.76 Å². The van der Waals surface area contributed by atoms with Gasteiger partial charge in [-0.05, 0) is 38.3 Å². The SMILES string of the molecule is CC[C@H](NS(=O)(=O)c1c(C)noc1C)c1ccccc1C. The summed E-state index contributed by atoms with van der Waals surface area (Å²) < 4.78 is 32.9. The fraction of sp³-hybridized carbons (Fsp3) is 0.400. The summed E-state index contributed by atoms with van der Waals surface area (Å²) >= 11 is 0. The number of benzene rings is 1. The predicted octanol–water partition coefficient (Wildman–Crippen LogP) is 3.03. The second kappa shape index (κ2) is 5.99. The molecule has 0 fully saturated rings. The van der Waals surface area contributed by atoms with Crippen molar-refractivity contribution in [1.82, 2.24) is 9.88 Å². The molecule has 1 heterocycles. The first-order valence-electron chi connectivity index (χ1n) is 6.87. The number of aromatic nitrogens is 1. The normalized spacial score (nSPS) is 13.3. The second-order valence-corrected chi connectivity index (χ2v) is 6.74. The third kappa shape index (κ3) is 3.16. The number of hydrogen-bond donors (Lipinski definition) is 1. The molecule has 0 radical (unpaired) electrons. The minimum absolute atomic E-state index is 0.134. The zero-order valence-corrected chi connectivity index (χ0v) is 13.5. The summed E-state index contributed by atoms with van der Waals surface area (Å²) in [5, 5.41) is 3.71. The number of nitrogens with zero attached hydrogens (tertiary/aromatic N) is 1. The molecule has 0 aliphatic heterocycles. The van der Waals surface area contributed by atoms with E-state index in [1.165, 1.54) is 0 Å². The first-order chi connectivity index (χ1) is 9.86. The van der Waals surface area contributed by atoms with E-state index < -0.39 is 10.0 Å². The molecule has 1 N–H and O–H groups in total. The van der Waals surface area contributed by atoms with Crippen molar-refractivity contribution in [2.45, 2.75) is 45.1 Å². The molecule has 2 rings (SSSR count). The van der Waals surface area contributed by atoms with Gasteiger partial charge in [0.1, 0.15) is 10.6 Å². The molecular formula is C15H20N2O3S. The van der Waals surface area contributed by atoms with Crippen molar-refractivity contribution in [3.8, 4) is 0 Å². The zero-order valence-electron chi connectivity index (χ0n) is 12.7. The summed E-state index contributed by atoms with van der Waals surface area (Å²) in [7, 11) is -3.66. The van der Waals surface area contributed by atoms with Crippen LogP contribution in [0.25, 0.3) is 0 Å². The van der Waals surface area contributed by atoms with Gasteiger partial charge in [-0.2, -0.15) is 0 Å². The van der Waals surface area contributed by atoms with Crippen LogP contribution in [0.15, 0.2) is 33.7 Å². The highest BCUT2D eigenvalue weighted by atomic mass is 32.2. The third-order valence-electron chi connectivity index (χ3n) is 3.51. The Kier molecular flexibility index (Phi) is 4.49. The summed E-state index contributed by atoms with van der Waals surface area (Å²) in [6, 6.07) is 7.50. The van der Waals surface area contributed by atoms with Crippen LogP contribution in [0.4, 0.5) is 0 Å². The molecule has 0 amide bonds. The number of sulfonamides is 1. The van der Waals surface area contributed by atoms with Crippen molar-refractivity contribution in [2.24, 2.45) is 0 Å². The van der Waals surface area contributed by atoms with Crippen LogP contribution >= 0.6 is 0 Å². The zero-order chi connectivity index (χ0) is 15.6. The lowest BCUT2D eigenvalue weighted by atomic mass is 10.0. The van der Waals surface area contributed by atoms with Gasteiger partial charge in [-0.1, -0.05) is 36.3 Å². The number of aryl methyl sites for hydroxylation is 3. The van der Waals surface area contributed by atoms with Crippen LogP contribution in [0.2, 0.25) is 0 Å². The highest BCUT2D eigenvalue weighted by Gasteiger charge is 2.27. The van der Waals surface area contributed by atoms with Gasteiger partial charge in [-0.3, -0.25) is 0 Å². The van der Waals surface area contributed by atoms with Crippen LogP contribution in [-0.4, -0.2) is 13.6 Å². The van der Waals surface area contributed by atoms with E-state index in [1.54, 1.807) is 13.8 Å². The lowest BCUT2D eigenvalue weighted by Crippen LogP contribution is -2.29. The minimum atomic E-state index is -3.66. The van der Waals surface area contributed by atoms with E-state index in [-0.39, 0.29) is 10.9 Å². The van der Waals surface area contributed by atoms with Crippen LogP contribution in [0, 0.1) is 20.8 Å². The van der Waals surface area contributed by atoms with Crippen molar-refractivity contribution < 1.29 is 12.9 Å². The predicted molar refractivity (Wildman–Crippen MR) is 80.5 cm³/mol. The van der Waals surface area contributed by atoms with Crippen molar-refractivity contribution >= 4 is 10.0 Å². The fourth-order valence-electron chi connectivity index (χ4n) is 2.45. The molecule has 21 heavy (non-hydrogen) atoms. The molecule has 0 aliphatic rings. The van der Waals surface area contributed by atoms with Gasteiger partial charge in [0.05, 0.1) is 0 Å². The maximum absolute atomic E-state index is 12.6. The van der Waals surface area contributed by atoms with Gasteiger partial charge < -0.3 is 4.52 Å². The molecule has 0 aliphatic carbocycles. The Labute approximate surface area is 125 Å². The summed E-state index contributed by atoms with van der Waals surface area (Å²) in [6.07, 6.45) is 0.660. The maximum atomic E-state index is 12.6. The van der Waals surface area contributed by atoms with Gasteiger partial charge in [0.2, 0.25) is 10.0 Å². The topological polar surface area (TPSA) is 72.2 Å². The second-order valence-electron chi connectivity index (χ2n) is 5.09. The van der Waals surface area contributed by atoms with E-state index in [2.05, 4.69) is 9.88 Å². The van der Waals surface area contributed by atoms with Crippen LogP contribution in [-0.2, 0) is 10.0 Å². The monoisotopic (exact) mass is 308 g/mol. The van der Waals surface area contributed by atoms with Crippen molar-refractivity contribution in [3.05, 3.63) is 46.8 Å². The lowest BCUT2D eigenvalue weighted by Gasteiger charge is -2.19. The summed E-state index contributed by atoms with van der Waals surface area (Å²) in [5.74, 6) is 0.305. The number of hydrogen-bond acceptors (Lipinski definition) is 4. The van der Waals surface area contributed by atoms with Gasteiger partial charge in [-0.25, -0.2) is 13.1 Å². The first-order valence-corrected chi connectivity index (χ1v) is 8.36. The first kappa shape index (κ1) is 15.7. The van der Waals surface area contributed by atoms with Crippen molar-refractivity contribution in [1.29, 1.82) is 0 Å². The van der Waals surface area contributed by atoms with Crippen LogP contribution in [0.5, 0.6) is 0 Å². The maximum Gasteiger partial charge on any atom is 0.246 e. The molecule has 114 valence electrons. The molecule has 0 saturated heterocycles. The average Bonchev–Trinajstić information content (AvgIpc) is 2.77. The molecule has 0 bridgehead atoms. The molecule has 1 aromatic heterocycles. The Morgan fingerprint density at radius 2 is 1.90 bits per heavy atom. The number of rotatable bonds is 5. The summed E-state index contributed by atoms with van der Waals surface area (Å²) in [5.41, 5.74) is 2.42. The van der Waals surface area contributed by atoms with Gasteiger partial charge in [-0.15, -0.1) is 0 Å². The average molecular weight is 308 g/mol. The van der Waals surface area contributed by atoms with E-state index in [9.17, 15) is 8.42 Å². The van der Waals surface area contributed by atoms with Gasteiger partial charge in [0.25, 0.3) is 0 Å². The Morgan fingerprint density at radius 1 is 1.24 bits per heavy atom. The molecule has 6 heteroatoms. The van der Waals surface area contributed by atoms with E-state index in [1.807, 2.05) is 38.1 Å². The third-order valence-corrected chi connectivity index (χ3v) is 5.22. The molecule has 0 saturated carbocycles. The highest BCUT2D eigenvalue weighted by Crippen LogP contribution is 2.25. The molecule has 2 aromatic rings. The quantitative estimate of drug-likeness (QED) is 0.921.